The van der Waals surface area contributed by atoms with Gasteiger partial charge in [0.15, 0.2) is 9.84 Å². The monoisotopic (exact) mass is 519 g/mol. The zero-order valence-corrected chi connectivity index (χ0v) is 21.8. The van der Waals surface area contributed by atoms with E-state index in [1.807, 2.05) is 18.2 Å². The van der Waals surface area contributed by atoms with Gasteiger partial charge in [-0.3, -0.25) is 5.41 Å². The fourth-order valence-corrected chi connectivity index (χ4v) is 5.75. The highest BCUT2D eigenvalue weighted by Gasteiger charge is 2.23. The maximum Gasteiger partial charge on any atom is 0.415 e. The van der Waals surface area contributed by atoms with Crippen molar-refractivity contribution in [3.05, 3.63) is 83.9 Å². The van der Waals surface area contributed by atoms with Gasteiger partial charge in [0.25, 0.3) is 0 Å². The van der Waals surface area contributed by atoms with Crippen molar-refractivity contribution < 1.29 is 17.9 Å². The van der Waals surface area contributed by atoms with Gasteiger partial charge in [0, 0.05) is 30.5 Å². The molecule has 1 aliphatic rings. The Morgan fingerprint density at radius 2 is 1.70 bits per heavy atom. The van der Waals surface area contributed by atoms with Gasteiger partial charge in [-0.15, -0.1) is 0 Å². The molecule has 0 aromatic heterocycles. The van der Waals surface area contributed by atoms with E-state index in [1.165, 1.54) is 25.5 Å². The molecule has 0 saturated heterocycles. The van der Waals surface area contributed by atoms with Crippen LogP contribution in [0, 0.1) is 11.3 Å². The molecule has 0 heterocycles. The number of ether oxygens (including phenoxy) is 1. The lowest BCUT2D eigenvalue weighted by Gasteiger charge is -2.29. The van der Waals surface area contributed by atoms with E-state index in [0.717, 1.165) is 24.0 Å². The first-order valence-electron chi connectivity index (χ1n) is 12.5. The van der Waals surface area contributed by atoms with Crippen molar-refractivity contribution in [3.8, 4) is 16.9 Å². The van der Waals surface area contributed by atoms with Crippen LogP contribution in [0.3, 0.4) is 0 Å². The molecule has 3 aromatic rings. The summed E-state index contributed by atoms with van der Waals surface area (Å²) in [7, 11) is -3.39. The van der Waals surface area contributed by atoms with E-state index in [-0.39, 0.29) is 10.7 Å². The van der Waals surface area contributed by atoms with Crippen LogP contribution in [0.5, 0.6) is 5.75 Å². The molecule has 1 fully saturated rings. The molecule has 1 aliphatic carbocycles. The van der Waals surface area contributed by atoms with Crippen LogP contribution in [-0.4, -0.2) is 38.0 Å². The third-order valence-corrected chi connectivity index (χ3v) is 7.88. The van der Waals surface area contributed by atoms with Gasteiger partial charge in [-0.05, 0) is 54.2 Å². The zero-order valence-electron chi connectivity index (χ0n) is 21.0. The van der Waals surface area contributed by atoms with Crippen LogP contribution in [-0.2, 0) is 16.4 Å². The summed E-state index contributed by atoms with van der Waals surface area (Å²) in [5, 5.41) is 7.72. The number of carbonyl (C=O) groups is 1. The summed E-state index contributed by atoms with van der Waals surface area (Å²) in [6.07, 6.45) is 6.50. The molecule has 0 aliphatic heterocycles. The van der Waals surface area contributed by atoms with Crippen LogP contribution in [0.4, 0.5) is 4.79 Å². The maximum atomic E-state index is 13.3. The number of nitrogens with two attached hydrogens (primary N) is 1. The van der Waals surface area contributed by atoms with Gasteiger partial charge >= 0.3 is 6.09 Å². The third kappa shape index (κ3) is 6.98. The third-order valence-electron chi connectivity index (χ3n) is 6.73. The molecule has 1 saturated carbocycles. The molecule has 3 N–H and O–H groups in total. The number of rotatable bonds is 8. The predicted molar refractivity (Wildman–Crippen MR) is 145 cm³/mol. The molecule has 8 heteroatoms. The van der Waals surface area contributed by atoms with Gasteiger partial charge in [-0.25, -0.2) is 13.2 Å². The van der Waals surface area contributed by atoms with Gasteiger partial charge in [-0.2, -0.15) is 0 Å². The van der Waals surface area contributed by atoms with Gasteiger partial charge in [0.05, 0.1) is 4.90 Å². The Morgan fingerprint density at radius 3 is 2.38 bits per heavy atom. The number of amidine groups is 1. The lowest BCUT2D eigenvalue weighted by Crippen LogP contribution is -2.37. The summed E-state index contributed by atoms with van der Waals surface area (Å²) < 4.78 is 30.1. The second kappa shape index (κ2) is 11.6. The fraction of sp³-hybridized carbons (Fsp3) is 0.310. The van der Waals surface area contributed by atoms with Gasteiger partial charge in [0.2, 0.25) is 0 Å². The Labute approximate surface area is 218 Å². The van der Waals surface area contributed by atoms with E-state index in [4.69, 9.17) is 15.9 Å². The zero-order chi connectivity index (χ0) is 26.4. The first-order valence-corrected chi connectivity index (χ1v) is 14.4. The average molecular weight is 520 g/mol. The molecule has 4 rings (SSSR count). The molecule has 7 nitrogen and oxygen atoms in total. The number of nitrogen functional groups attached to an aromatic ring is 1. The van der Waals surface area contributed by atoms with Crippen LogP contribution in [0.25, 0.3) is 11.1 Å². The summed E-state index contributed by atoms with van der Waals surface area (Å²) in [4.78, 5) is 15.3. The molecule has 3 aromatic carbocycles. The molecular weight excluding hydrogens is 486 g/mol. The fourth-order valence-electron chi connectivity index (χ4n) is 4.84. The van der Waals surface area contributed by atoms with Crippen LogP contribution in [0.15, 0.2) is 77.7 Å². The normalized spacial score (nSPS) is 14.2. The van der Waals surface area contributed by atoms with Crippen molar-refractivity contribution >= 4 is 21.8 Å². The molecule has 37 heavy (non-hydrogen) atoms. The minimum atomic E-state index is -3.39. The number of benzene rings is 3. The summed E-state index contributed by atoms with van der Waals surface area (Å²) >= 11 is 0. The molecule has 0 spiro atoms. The highest BCUT2D eigenvalue weighted by Crippen LogP contribution is 2.29. The Balaban J connectivity index is 1.53. The van der Waals surface area contributed by atoms with Crippen LogP contribution in [0.1, 0.15) is 43.2 Å². The highest BCUT2D eigenvalue weighted by atomic mass is 32.2. The number of hydrogen-bond donors (Lipinski definition) is 2. The number of sulfone groups is 1. The van der Waals surface area contributed by atoms with E-state index in [0.29, 0.717) is 35.9 Å². The molecule has 194 valence electrons. The Bertz CT molecular complexity index is 1360. The van der Waals surface area contributed by atoms with E-state index in [2.05, 4.69) is 0 Å². The lowest BCUT2D eigenvalue weighted by molar-refractivity contribution is 0.134. The Hall–Kier alpha value is -3.65. The van der Waals surface area contributed by atoms with Crippen molar-refractivity contribution in [1.29, 1.82) is 5.41 Å². The lowest BCUT2D eigenvalue weighted by atomic mass is 9.89. The Morgan fingerprint density at radius 1 is 1.00 bits per heavy atom. The van der Waals surface area contributed by atoms with E-state index in [1.54, 1.807) is 59.5 Å². The smallest absolute Gasteiger partial charge is 0.410 e. The summed E-state index contributed by atoms with van der Waals surface area (Å²) in [6, 6.07) is 21.1. The summed E-state index contributed by atoms with van der Waals surface area (Å²) in [5.74, 6) is 0.796. The Kier molecular flexibility index (Phi) is 8.28. The minimum Gasteiger partial charge on any atom is -0.410 e. The van der Waals surface area contributed by atoms with Crippen molar-refractivity contribution in [1.82, 2.24) is 4.90 Å². The summed E-state index contributed by atoms with van der Waals surface area (Å²) in [5.41, 5.74) is 8.49. The minimum absolute atomic E-state index is 0.0132. The maximum absolute atomic E-state index is 13.3. The van der Waals surface area contributed by atoms with Crippen LogP contribution in [0.2, 0.25) is 0 Å². The quantitative estimate of drug-likeness (QED) is 0.296. The molecule has 1 amide bonds. The molecule has 0 bridgehead atoms. The predicted octanol–water partition coefficient (Wildman–Crippen LogP) is 5.62. The molecular formula is C29H33N3O4S. The second-order valence-corrected chi connectivity index (χ2v) is 11.6. The van der Waals surface area contributed by atoms with Gasteiger partial charge in [-0.1, -0.05) is 67.8 Å². The number of amides is 1. The molecule has 0 radical (unpaired) electrons. The van der Waals surface area contributed by atoms with E-state index in [9.17, 15) is 13.2 Å². The van der Waals surface area contributed by atoms with E-state index < -0.39 is 15.9 Å². The largest absolute Gasteiger partial charge is 0.415 e. The van der Waals surface area contributed by atoms with Crippen LogP contribution >= 0.6 is 0 Å². The first kappa shape index (κ1) is 26.4. The average Bonchev–Trinajstić information content (AvgIpc) is 2.89. The highest BCUT2D eigenvalue weighted by molar-refractivity contribution is 7.90. The topological polar surface area (TPSA) is 114 Å². The number of carbonyl (C=O) groups excluding carboxylic acids is 1. The molecule has 0 atom stereocenters. The number of nitrogens with one attached hydrogen (secondary N) is 1. The van der Waals surface area contributed by atoms with Gasteiger partial charge < -0.3 is 15.4 Å². The molecule has 0 unspecified atom stereocenters. The van der Waals surface area contributed by atoms with E-state index >= 15 is 0 Å². The number of nitrogens with zero attached hydrogens (tertiary/aromatic N) is 1. The SMILES string of the molecule is CS(=O)(=O)c1ccccc1-c1ccc(OC(=O)N(Cc2cccc(C(=N)N)c2)CC2CCCCC2)cc1. The number of hydrogen-bond acceptors (Lipinski definition) is 5. The van der Waals surface area contributed by atoms with Crippen LogP contribution < -0.4 is 10.5 Å². The second-order valence-electron chi connectivity index (χ2n) is 9.66. The summed E-state index contributed by atoms with van der Waals surface area (Å²) in [6.45, 7) is 0.958. The standard InChI is InChI=1S/C29H33N3O4S/c1-37(34,35)27-13-6-5-12-26(27)23-14-16-25(17-15-23)36-29(33)32(19-21-8-3-2-4-9-21)20-22-10-7-11-24(18-22)28(30)31/h5-7,10-18,21H,2-4,8-9,19-20H2,1H3,(H3,30,31). The van der Waals surface area contributed by atoms with Crippen molar-refractivity contribution in [2.24, 2.45) is 11.7 Å². The van der Waals surface area contributed by atoms with Crippen molar-refractivity contribution in [2.45, 2.75) is 43.5 Å². The van der Waals surface area contributed by atoms with Crippen molar-refractivity contribution in [3.63, 3.8) is 0 Å². The first-order chi connectivity index (χ1) is 17.7. The van der Waals surface area contributed by atoms with Crippen molar-refractivity contribution in [2.75, 3.05) is 12.8 Å². The van der Waals surface area contributed by atoms with Gasteiger partial charge in [0.1, 0.15) is 11.6 Å².